The SMILES string of the molecule is CCOc1cc(Cl)cc(OCC)c1NC(=O)C(N=Nc1cccc(OC)c1OC)C(C)=O. The molecule has 0 bridgehead atoms. The van der Waals surface area contributed by atoms with Gasteiger partial charge < -0.3 is 24.3 Å². The number of hydrogen-bond donors (Lipinski definition) is 1. The van der Waals surface area contributed by atoms with Crippen molar-refractivity contribution < 1.29 is 28.5 Å². The highest BCUT2D eigenvalue weighted by molar-refractivity contribution is 6.31. The molecule has 2 aromatic rings. The standard InChI is InChI=1S/C22H26ClN3O6/c1-6-31-17-11-14(23)12-18(32-7-2)20(17)24-22(28)19(13(3)27)26-25-15-9-8-10-16(29-4)21(15)30-5/h8-12,19H,6-7H2,1-5H3,(H,24,28). The van der Waals surface area contributed by atoms with Gasteiger partial charge in [0.2, 0.25) is 6.04 Å². The number of hydrogen-bond acceptors (Lipinski definition) is 8. The van der Waals surface area contributed by atoms with E-state index in [1.807, 2.05) is 0 Å². The van der Waals surface area contributed by atoms with Crippen molar-refractivity contribution in [2.24, 2.45) is 10.2 Å². The highest BCUT2D eigenvalue weighted by atomic mass is 35.5. The van der Waals surface area contributed by atoms with Crippen molar-refractivity contribution in [2.45, 2.75) is 26.8 Å². The van der Waals surface area contributed by atoms with E-state index in [-0.39, 0.29) is 5.69 Å². The molecule has 0 heterocycles. The highest BCUT2D eigenvalue weighted by Crippen LogP contribution is 2.39. The summed E-state index contributed by atoms with van der Waals surface area (Å²) >= 11 is 6.13. The lowest BCUT2D eigenvalue weighted by molar-refractivity contribution is -0.126. The lowest BCUT2D eigenvalue weighted by Crippen LogP contribution is -2.32. The summed E-state index contributed by atoms with van der Waals surface area (Å²) in [4.78, 5) is 25.2. The van der Waals surface area contributed by atoms with Gasteiger partial charge in [0.25, 0.3) is 5.91 Å². The number of azo groups is 1. The Hall–Kier alpha value is -3.33. The molecule has 2 rings (SSSR count). The van der Waals surface area contributed by atoms with Gasteiger partial charge in [0, 0.05) is 17.2 Å². The maximum atomic E-state index is 13.0. The summed E-state index contributed by atoms with van der Waals surface area (Å²) in [6.07, 6.45) is 0. The van der Waals surface area contributed by atoms with E-state index in [1.165, 1.54) is 21.1 Å². The van der Waals surface area contributed by atoms with E-state index in [1.54, 1.807) is 44.2 Å². The van der Waals surface area contributed by atoms with Crippen LogP contribution in [0.25, 0.3) is 0 Å². The molecule has 32 heavy (non-hydrogen) atoms. The van der Waals surface area contributed by atoms with Gasteiger partial charge in [-0.05, 0) is 32.9 Å². The van der Waals surface area contributed by atoms with Crippen LogP contribution in [0, 0.1) is 0 Å². The van der Waals surface area contributed by atoms with Crippen molar-refractivity contribution in [1.29, 1.82) is 0 Å². The van der Waals surface area contributed by atoms with Gasteiger partial charge in [-0.3, -0.25) is 9.59 Å². The first kappa shape index (κ1) is 24.9. The van der Waals surface area contributed by atoms with E-state index in [0.29, 0.717) is 46.9 Å². The van der Waals surface area contributed by atoms with Crippen molar-refractivity contribution in [3.05, 3.63) is 35.4 Å². The fourth-order valence-corrected chi connectivity index (χ4v) is 3.00. The van der Waals surface area contributed by atoms with Crippen LogP contribution < -0.4 is 24.3 Å². The smallest absolute Gasteiger partial charge is 0.259 e. The lowest BCUT2D eigenvalue weighted by Gasteiger charge is -2.18. The van der Waals surface area contributed by atoms with Crippen molar-refractivity contribution in [1.82, 2.24) is 0 Å². The van der Waals surface area contributed by atoms with Gasteiger partial charge in [-0.2, -0.15) is 10.2 Å². The Morgan fingerprint density at radius 3 is 2.16 bits per heavy atom. The minimum absolute atomic E-state index is 0.253. The summed E-state index contributed by atoms with van der Waals surface area (Å²) in [6.45, 7) is 5.50. The minimum atomic E-state index is -1.41. The first-order chi connectivity index (χ1) is 15.4. The summed E-state index contributed by atoms with van der Waals surface area (Å²) < 4.78 is 21.7. The molecule has 0 aliphatic rings. The number of nitrogens with zero attached hydrogens (tertiary/aromatic N) is 2. The zero-order valence-electron chi connectivity index (χ0n) is 18.6. The van der Waals surface area contributed by atoms with Gasteiger partial charge >= 0.3 is 0 Å². The van der Waals surface area contributed by atoms with Crippen LogP contribution in [0.5, 0.6) is 23.0 Å². The number of benzene rings is 2. The Labute approximate surface area is 191 Å². The van der Waals surface area contributed by atoms with E-state index >= 15 is 0 Å². The molecule has 0 saturated carbocycles. The average molecular weight is 464 g/mol. The molecule has 1 atom stereocenters. The van der Waals surface area contributed by atoms with E-state index in [2.05, 4.69) is 15.5 Å². The summed E-state index contributed by atoms with van der Waals surface area (Å²) in [5.74, 6) is 0.189. The van der Waals surface area contributed by atoms with E-state index in [4.69, 9.17) is 30.5 Å². The van der Waals surface area contributed by atoms with Crippen LogP contribution in [0.2, 0.25) is 5.02 Å². The fraction of sp³-hybridized carbons (Fsp3) is 0.364. The number of ether oxygens (including phenoxy) is 4. The number of Topliss-reactive ketones (excluding diaryl/α,β-unsaturated/α-hetero) is 1. The molecule has 0 aliphatic carbocycles. The van der Waals surface area contributed by atoms with E-state index < -0.39 is 17.7 Å². The molecular weight excluding hydrogens is 438 g/mol. The third-order valence-electron chi connectivity index (χ3n) is 4.18. The van der Waals surface area contributed by atoms with Gasteiger partial charge in [-0.1, -0.05) is 17.7 Å². The first-order valence-corrected chi connectivity index (χ1v) is 10.3. The number of para-hydroxylation sites is 1. The number of ketones is 1. The van der Waals surface area contributed by atoms with E-state index in [0.717, 1.165) is 0 Å². The Bertz CT molecular complexity index is 969. The Morgan fingerprint density at radius 1 is 1.03 bits per heavy atom. The third kappa shape index (κ3) is 6.10. The van der Waals surface area contributed by atoms with Gasteiger partial charge in [-0.15, -0.1) is 0 Å². The number of carbonyl (C=O) groups excluding carboxylic acids is 2. The monoisotopic (exact) mass is 463 g/mol. The molecule has 0 aromatic heterocycles. The van der Waals surface area contributed by atoms with Crippen LogP contribution in [0.4, 0.5) is 11.4 Å². The molecule has 1 unspecified atom stereocenters. The van der Waals surface area contributed by atoms with Crippen LogP contribution in [-0.4, -0.2) is 45.2 Å². The molecule has 2 aromatic carbocycles. The number of rotatable bonds is 11. The highest BCUT2D eigenvalue weighted by Gasteiger charge is 2.26. The van der Waals surface area contributed by atoms with Crippen LogP contribution >= 0.6 is 11.6 Å². The van der Waals surface area contributed by atoms with Gasteiger partial charge in [0.15, 0.2) is 17.3 Å². The number of carbonyl (C=O) groups is 2. The van der Waals surface area contributed by atoms with Crippen molar-refractivity contribution in [3.63, 3.8) is 0 Å². The van der Waals surface area contributed by atoms with Crippen LogP contribution in [0.15, 0.2) is 40.6 Å². The van der Waals surface area contributed by atoms with Crippen molar-refractivity contribution in [2.75, 3.05) is 32.8 Å². The van der Waals surface area contributed by atoms with Gasteiger partial charge in [0.1, 0.15) is 22.9 Å². The summed E-state index contributed by atoms with van der Waals surface area (Å²) in [5, 5.41) is 11.1. The fourth-order valence-electron chi connectivity index (χ4n) is 2.80. The second kappa shape index (κ2) is 11.9. The number of nitrogens with one attached hydrogen (secondary N) is 1. The lowest BCUT2D eigenvalue weighted by atomic mass is 10.2. The molecular formula is C22H26ClN3O6. The maximum Gasteiger partial charge on any atom is 0.259 e. The Morgan fingerprint density at radius 2 is 1.66 bits per heavy atom. The molecule has 1 N–H and O–H groups in total. The van der Waals surface area contributed by atoms with E-state index in [9.17, 15) is 9.59 Å². The Balaban J connectivity index is 2.38. The minimum Gasteiger partial charge on any atom is -0.493 e. The molecule has 0 aliphatic heterocycles. The van der Waals surface area contributed by atoms with Gasteiger partial charge in [-0.25, -0.2) is 0 Å². The summed E-state index contributed by atoms with van der Waals surface area (Å²) in [7, 11) is 2.94. The predicted octanol–water partition coefficient (Wildman–Crippen LogP) is 4.83. The average Bonchev–Trinajstić information content (AvgIpc) is 2.76. The normalized spacial score (nSPS) is 11.7. The number of amides is 1. The quantitative estimate of drug-likeness (QED) is 0.377. The molecule has 0 fully saturated rings. The molecule has 9 nitrogen and oxygen atoms in total. The second-order valence-electron chi connectivity index (χ2n) is 6.37. The second-order valence-corrected chi connectivity index (χ2v) is 6.81. The molecule has 0 radical (unpaired) electrons. The maximum absolute atomic E-state index is 13.0. The molecule has 172 valence electrons. The third-order valence-corrected chi connectivity index (χ3v) is 4.39. The van der Waals surface area contributed by atoms with Crippen LogP contribution in [0.1, 0.15) is 20.8 Å². The number of anilines is 1. The predicted molar refractivity (Wildman–Crippen MR) is 121 cm³/mol. The molecule has 0 spiro atoms. The zero-order valence-corrected chi connectivity index (χ0v) is 19.4. The van der Waals surface area contributed by atoms with Crippen molar-refractivity contribution >= 4 is 34.7 Å². The zero-order chi connectivity index (χ0) is 23.7. The molecule has 10 heteroatoms. The summed E-state index contributed by atoms with van der Waals surface area (Å²) in [6, 6.07) is 6.70. The molecule has 0 saturated heterocycles. The Kier molecular flexibility index (Phi) is 9.27. The van der Waals surface area contributed by atoms with Crippen molar-refractivity contribution in [3.8, 4) is 23.0 Å². The number of methoxy groups -OCH3 is 2. The largest absolute Gasteiger partial charge is 0.493 e. The molecule has 1 amide bonds. The first-order valence-electron chi connectivity index (χ1n) is 9.88. The topological polar surface area (TPSA) is 108 Å². The summed E-state index contributed by atoms with van der Waals surface area (Å²) in [5.41, 5.74) is 0.561. The van der Waals surface area contributed by atoms with Gasteiger partial charge in [0.05, 0.1) is 27.4 Å². The van der Waals surface area contributed by atoms with Crippen LogP contribution in [-0.2, 0) is 9.59 Å². The number of halogens is 1. The van der Waals surface area contributed by atoms with Crippen LogP contribution in [0.3, 0.4) is 0 Å².